The van der Waals surface area contributed by atoms with Crippen molar-refractivity contribution in [2.45, 2.75) is 33.3 Å². The van der Waals surface area contributed by atoms with Crippen molar-refractivity contribution in [2.75, 3.05) is 12.4 Å². The SMILES string of the molecule is COc1ccc(C(=O)Nc2ccc(CC(C)C(=O)O)cc2)c(OC(C)C)c1. The topological polar surface area (TPSA) is 84.9 Å². The second-order valence-electron chi connectivity index (χ2n) is 6.62. The Hall–Kier alpha value is -3.02. The number of carboxylic acid groups (broad SMARTS) is 1. The highest BCUT2D eigenvalue weighted by atomic mass is 16.5. The molecule has 2 rings (SSSR count). The number of carboxylic acids is 1. The molecule has 0 aliphatic rings. The highest BCUT2D eigenvalue weighted by molar-refractivity contribution is 6.06. The molecule has 1 unspecified atom stereocenters. The molecule has 0 bridgehead atoms. The number of amides is 1. The minimum atomic E-state index is -0.829. The Bertz CT molecular complexity index is 799. The van der Waals surface area contributed by atoms with Crippen LogP contribution in [0, 0.1) is 5.92 Å². The summed E-state index contributed by atoms with van der Waals surface area (Å²) in [6.45, 7) is 5.44. The molecule has 6 nitrogen and oxygen atoms in total. The van der Waals surface area contributed by atoms with Gasteiger partial charge < -0.3 is 19.9 Å². The molecule has 27 heavy (non-hydrogen) atoms. The fourth-order valence-electron chi connectivity index (χ4n) is 2.53. The van der Waals surface area contributed by atoms with E-state index in [-0.39, 0.29) is 12.0 Å². The Morgan fingerprint density at radius 3 is 2.30 bits per heavy atom. The predicted molar refractivity (Wildman–Crippen MR) is 104 cm³/mol. The lowest BCUT2D eigenvalue weighted by Crippen LogP contribution is -2.16. The lowest BCUT2D eigenvalue weighted by atomic mass is 10.0. The number of carbonyl (C=O) groups excluding carboxylic acids is 1. The number of carbonyl (C=O) groups is 2. The third-order valence-corrected chi connectivity index (χ3v) is 3.97. The van der Waals surface area contributed by atoms with Crippen LogP contribution in [-0.4, -0.2) is 30.2 Å². The molecule has 0 aliphatic heterocycles. The predicted octanol–water partition coefficient (Wildman–Crippen LogP) is 4.00. The van der Waals surface area contributed by atoms with Crippen molar-refractivity contribution in [3.63, 3.8) is 0 Å². The second kappa shape index (κ2) is 9.07. The van der Waals surface area contributed by atoms with Gasteiger partial charge in [-0.3, -0.25) is 9.59 Å². The number of aliphatic carboxylic acids is 1. The van der Waals surface area contributed by atoms with Crippen LogP contribution in [0.3, 0.4) is 0 Å². The van der Waals surface area contributed by atoms with Crippen LogP contribution < -0.4 is 14.8 Å². The van der Waals surface area contributed by atoms with Crippen molar-refractivity contribution in [1.29, 1.82) is 0 Å². The van der Waals surface area contributed by atoms with Crippen LogP contribution in [0.1, 0.15) is 36.7 Å². The fourth-order valence-corrected chi connectivity index (χ4v) is 2.53. The van der Waals surface area contributed by atoms with Crippen LogP contribution in [0.5, 0.6) is 11.5 Å². The second-order valence-corrected chi connectivity index (χ2v) is 6.62. The van der Waals surface area contributed by atoms with Crippen LogP contribution in [-0.2, 0) is 11.2 Å². The quantitative estimate of drug-likeness (QED) is 0.733. The molecule has 0 spiro atoms. The summed E-state index contributed by atoms with van der Waals surface area (Å²) >= 11 is 0. The minimum absolute atomic E-state index is 0.0841. The molecule has 1 amide bonds. The number of hydrogen-bond donors (Lipinski definition) is 2. The van der Waals surface area contributed by atoms with E-state index in [1.807, 2.05) is 26.0 Å². The van der Waals surface area contributed by atoms with Crippen molar-refractivity contribution >= 4 is 17.6 Å². The first-order valence-electron chi connectivity index (χ1n) is 8.78. The number of benzene rings is 2. The lowest BCUT2D eigenvalue weighted by molar-refractivity contribution is -0.141. The Morgan fingerprint density at radius 2 is 1.74 bits per heavy atom. The van der Waals surface area contributed by atoms with Crippen LogP contribution >= 0.6 is 0 Å². The van der Waals surface area contributed by atoms with E-state index in [4.69, 9.17) is 14.6 Å². The Balaban J connectivity index is 2.13. The highest BCUT2D eigenvalue weighted by Crippen LogP contribution is 2.27. The highest BCUT2D eigenvalue weighted by Gasteiger charge is 2.16. The summed E-state index contributed by atoms with van der Waals surface area (Å²) in [5.41, 5.74) is 1.93. The van der Waals surface area contributed by atoms with E-state index in [9.17, 15) is 9.59 Å². The number of ether oxygens (including phenoxy) is 2. The van der Waals surface area contributed by atoms with Crippen molar-refractivity contribution in [3.05, 3.63) is 53.6 Å². The van der Waals surface area contributed by atoms with E-state index in [1.165, 1.54) is 0 Å². The molecule has 0 radical (unpaired) electrons. The maximum atomic E-state index is 12.7. The maximum Gasteiger partial charge on any atom is 0.306 e. The van der Waals surface area contributed by atoms with E-state index in [1.54, 1.807) is 44.4 Å². The van der Waals surface area contributed by atoms with Gasteiger partial charge in [0, 0.05) is 11.8 Å². The molecule has 0 aromatic heterocycles. The monoisotopic (exact) mass is 371 g/mol. The summed E-state index contributed by atoms with van der Waals surface area (Å²) in [5, 5.41) is 11.8. The zero-order valence-electron chi connectivity index (χ0n) is 16.0. The zero-order valence-corrected chi connectivity index (χ0v) is 16.0. The van der Waals surface area contributed by atoms with Gasteiger partial charge in [-0.1, -0.05) is 19.1 Å². The van der Waals surface area contributed by atoms with Gasteiger partial charge in [-0.2, -0.15) is 0 Å². The molecule has 0 heterocycles. The first kappa shape index (κ1) is 20.3. The van der Waals surface area contributed by atoms with Gasteiger partial charge in [0.1, 0.15) is 11.5 Å². The molecule has 2 aromatic rings. The summed E-state index contributed by atoms with van der Waals surface area (Å²) in [5.74, 6) is -0.516. The van der Waals surface area contributed by atoms with Gasteiger partial charge in [0.2, 0.25) is 0 Å². The number of nitrogens with one attached hydrogen (secondary N) is 1. The van der Waals surface area contributed by atoms with Crippen LogP contribution in [0.25, 0.3) is 0 Å². The Labute approximate surface area is 159 Å². The largest absolute Gasteiger partial charge is 0.497 e. The first-order chi connectivity index (χ1) is 12.8. The molecule has 2 aromatic carbocycles. The molecule has 0 aliphatic carbocycles. The minimum Gasteiger partial charge on any atom is -0.497 e. The lowest BCUT2D eigenvalue weighted by Gasteiger charge is -2.15. The zero-order chi connectivity index (χ0) is 20.0. The van der Waals surface area contributed by atoms with E-state index in [0.717, 1.165) is 5.56 Å². The van der Waals surface area contributed by atoms with E-state index in [2.05, 4.69) is 5.32 Å². The summed E-state index contributed by atoms with van der Waals surface area (Å²) in [4.78, 5) is 23.6. The number of methoxy groups -OCH3 is 1. The van der Waals surface area contributed by atoms with Crippen molar-refractivity contribution in [1.82, 2.24) is 0 Å². The fraction of sp³-hybridized carbons (Fsp3) is 0.333. The molecule has 0 saturated carbocycles. The number of rotatable bonds is 8. The van der Waals surface area contributed by atoms with Crippen LogP contribution in [0.4, 0.5) is 5.69 Å². The van der Waals surface area contributed by atoms with Crippen LogP contribution in [0.2, 0.25) is 0 Å². The summed E-state index contributed by atoms with van der Waals surface area (Å²) in [6.07, 6.45) is 0.355. The van der Waals surface area contributed by atoms with Gasteiger partial charge in [-0.15, -0.1) is 0 Å². The van der Waals surface area contributed by atoms with Crippen molar-refractivity contribution < 1.29 is 24.2 Å². The summed E-state index contributed by atoms with van der Waals surface area (Å²) in [7, 11) is 1.56. The number of hydrogen-bond acceptors (Lipinski definition) is 4. The van der Waals surface area contributed by atoms with Crippen molar-refractivity contribution in [3.8, 4) is 11.5 Å². The average molecular weight is 371 g/mol. The molecule has 2 N–H and O–H groups in total. The van der Waals surface area contributed by atoms with Gasteiger partial charge in [-0.05, 0) is 50.1 Å². The van der Waals surface area contributed by atoms with Crippen LogP contribution in [0.15, 0.2) is 42.5 Å². The number of anilines is 1. The Morgan fingerprint density at radius 1 is 1.07 bits per heavy atom. The first-order valence-corrected chi connectivity index (χ1v) is 8.78. The Kier molecular flexibility index (Phi) is 6.82. The standard InChI is InChI=1S/C21H25NO5/c1-13(2)27-19-12-17(26-4)9-10-18(19)20(23)22-16-7-5-15(6-8-16)11-14(3)21(24)25/h5-10,12-14H,11H2,1-4H3,(H,22,23)(H,24,25). The third kappa shape index (κ3) is 5.74. The molecule has 6 heteroatoms. The van der Waals surface area contributed by atoms with Gasteiger partial charge in [-0.25, -0.2) is 0 Å². The average Bonchev–Trinajstić information content (AvgIpc) is 2.62. The van der Waals surface area contributed by atoms with E-state index >= 15 is 0 Å². The third-order valence-electron chi connectivity index (χ3n) is 3.97. The maximum absolute atomic E-state index is 12.7. The normalized spacial score (nSPS) is 11.7. The van der Waals surface area contributed by atoms with E-state index in [0.29, 0.717) is 29.2 Å². The van der Waals surface area contributed by atoms with Gasteiger partial charge in [0.15, 0.2) is 0 Å². The molecule has 1 atom stereocenters. The van der Waals surface area contributed by atoms with Gasteiger partial charge >= 0.3 is 5.97 Å². The summed E-state index contributed by atoms with van der Waals surface area (Å²) < 4.78 is 10.9. The van der Waals surface area contributed by atoms with Gasteiger partial charge in [0.05, 0.1) is 24.7 Å². The molecular formula is C21H25NO5. The molecule has 0 saturated heterocycles. The molecule has 144 valence electrons. The molecular weight excluding hydrogens is 346 g/mol. The summed E-state index contributed by atoms with van der Waals surface area (Å²) in [6, 6.07) is 12.2. The van der Waals surface area contributed by atoms with E-state index < -0.39 is 11.9 Å². The smallest absolute Gasteiger partial charge is 0.306 e. The molecule has 0 fully saturated rings. The van der Waals surface area contributed by atoms with Crippen molar-refractivity contribution in [2.24, 2.45) is 5.92 Å². The van der Waals surface area contributed by atoms with Gasteiger partial charge in [0.25, 0.3) is 5.91 Å².